The number of fused-ring (bicyclic) bond motifs is 1. The fourth-order valence-electron chi connectivity index (χ4n) is 3.52. The summed E-state index contributed by atoms with van der Waals surface area (Å²) < 4.78 is 0. The molecule has 1 aliphatic heterocycles. The minimum absolute atomic E-state index is 0.0331. The van der Waals surface area contributed by atoms with Gasteiger partial charge in [-0.15, -0.1) is 0 Å². The fourth-order valence-corrected chi connectivity index (χ4v) is 3.76. The van der Waals surface area contributed by atoms with E-state index in [4.69, 9.17) is 11.6 Å². The maximum Gasteiger partial charge on any atom is 0.262 e. The Labute approximate surface area is 158 Å². The van der Waals surface area contributed by atoms with E-state index < -0.39 is 0 Å². The lowest BCUT2D eigenvalue weighted by atomic mass is 10.0. The second-order valence-corrected chi connectivity index (χ2v) is 7.04. The topological polar surface area (TPSA) is 32.3 Å². The van der Waals surface area contributed by atoms with Crippen molar-refractivity contribution < 1.29 is 4.79 Å². The van der Waals surface area contributed by atoms with Gasteiger partial charge in [-0.25, -0.2) is 0 Å². The van der Waals surface area contributed by atoms with Crippen LogP contribution in [0.25, 0.3) is 0 Å². The lowest BCUT2D eigenvalue weighted by molar-refractivity contribution is 0.0975. The maximum atomic E-state index is 13.4. The summed E-state index contributed by atoms with van der Waals surface area (Å²) in [5.74, 6) is -0.0331. The summed E-state index contributed by atoms with van der Waals surface area (Å²) in [5.41, 5.74) is 5.45. The highest BCUT2D eigenvalue weighted by Crippen LogP contribution is 2.39. The molecule has 0 unspecified atom stereocenters. The number of hydrogen-bond donors (Lipinski definition) is 1. The predicted molar refractivity (Wildman–Crippen MR) is 107 cm³/mol. The van der Waals surface area contributed by atoms with Crippen LogP contribution in [0.5, 0.6) is 0 Å². The van der Waals surface area contributed by atoms with Crippen LogP contribution in [-0.4, -0.2) is 5.91 Å². The smallest absolute Gasteiger partial charge is 0.262 e. The van der Waals surface area contributed by atoms with Gasteiger partial charge < -0.3 is 5.32 Å². The van der Waals surface area contributed by atoms with Gasteiger partial charge in [0.2, 0.25) is 0 Å². The van der Waals surface area contributed by atoms with Crippen LogP contribution in [0.2, 0.25) is 5.02 Å². The molecule has 0 aromatic heterocycles. The summed E-state index contributed by atoms with van der Waals surface area (Å²) in [6.07, 6.45) is -0.368. The third-order valence-corrected chi connectivity index (χ3v) is 4.96. The first kappa shape index (κ1) is 16.7. The molecule has 3 nitrogen and oxygen atoms in total. The average Bonchev–Trinajstić information content (AvgIpc) is 2.61. The molecule has 4 rings (SSSR count). The SMILES string of the molecule is Cc1cc(C)cc(N2C(=O)c3ccccc3N[C@@H]2c2ccccc2Cl)c1. The molecule has 1 atom stereocenters. The van der Waals surface area contributed by atoms with E-state index in [1.165, 1.54) is 0 Å². The molecular weight excluding hydrogens is 344 g/mol. The molecule has 1 heterocycles. The second kappa shape index (κ2) is 6.50. The van der Waals surface area contributed by atoms with E-state index in [2.05, 4.69) is 11.4 Å². The largest absolute Gasteiger partial charge is 0.360 e. The van der Waals surface area contributed by atoms with Gasteiger partial charge in [-0.05, 0) is 55.3 Å². The molecule has 0 bridgehead atoms. The van der Waals surface area contributed by atoms with Crippen LogP contribution in [0, 0.1) is 13.8 Å². The zero-order valence-electron chi connectivity index (χ0n) is 14.7. The van der Waals surface area contributed by atoms with Crippen molar-refractivity contribution >= 4 is 28.9 Å². The Morgan fingerprint density at radius 2 is 1.58 bits per heavy atom. The number of amides is 1. The Balaban J connectivity index is 1.92. The third-order valence-electron chi connectivity index (χ3n) is 4.61. The van der Waals surface area contributed by atoms with Crippen molar-refractivity contribution in [2.75, 3.05) is 10.2 Å². The van der Waals surface area contributed by atoms with Crippen LogP contribution in [0.4, 0.5) is 11.4 Å². The molecule has 0 spiro atoms. The number of para-hydroxylation sites is 1. The predicted octanol–water partition coefficient (Wildman–Crippen LogP) is 5.73. The van der Waals surface area contributed by atoms with E-state index in [0.29, 0.717) is 10.6 Å². The normalized spacial score (nSPS) is 16.2. The van der Waals surface area contributed by atoms with Gasteiger partial charge in [-0.1, -0.05) is 48.0 Å². The molecule has 0 aliphatic carbocycles. The van der Waals surface area contributed by atoms with Crippen molar-refractivity contribution in [3.8, 4) is 0 Å². The summed E-state index contributed by atoms with van der Waals surface area (Å²) in [6, 6.07) is 21.4. The lowest BCUT2D eigenvalue weighted by Gasteiger charge is -2.38. The number of rotatable bonds is 2. The first-order valence-corrected chi connectivity index (χ1v) is 8.94. The number of aryl methyl sites for hydroxylation is 2. The van der Waals surface area contributed by atoms with Crippen LogP contribution >= 0.6 is 11.6 Å². The molecular formula is C22H19ClN2O. The summed E-state index contributed by atoms with van der Waals surface area (Å²) in [6.45, 7) is 4.08. The van der Waals surface area contributed by atoms with E-state index in [1.807, 2.05) is 74.5 Å². The molecule has 26 heavy (non-hydrogen) atoms. The average molecular weight is 363 g/mol. The van der Waals surface area contributed by atoms with E-state index in [0.717, 1.165) is 28.1 Å². The Kier molecular flexibility index (Phi) is 4.17. The zero-order chi connectivity index (χ0) is 18.3. The van der Waals surface area contributed by atoms with Gasteiger partial charge >= 0.3 is 0 Å². The Morgan fingerprint density at radius 3 is 2.31 bits per heavy atom. The standard InChI is InChI=1S/C22H19ClN2O/c1-14-11-15(2)13-16(12-14)25-21(17-7-3-5-9-19(17)23)24-20-10-6-4-8-18(20)22(25)26/h3-13,21,24H,1-2H3/t21-/m0/s1. The quantitative estimate of drug-likeness (QED) is 0.631. The Hall–Kier alpha value is -2.78. The van der Waals surface area contributed by atoms with Crippen molar-refractivity contribution in [1.29, 1.82) is 0 Å². The molecule has 0 saturated carbocycles. The van der Waals surface area contributed by atoms with E-state index >= 15 is 0 Å². The molecule has 4 heteroatoms. The van der Waals surface area contributed by atoms with Crippen molar-refractivity contribution in [2.24, 2.45) is 0 Å². The van der Waals surface area contributed by atoms with E-state index in [-0.39, 0.29) is 12.1 Å². The first-order valence-electron chi connectivity index (χ1n) is 8.56. The molecule has 0 saturated heterocycles. The molecule has 1 aliphatic rings. The van der Waals surface area contributed by atoms with Gasteiger partial charge in [-0.2, -0.15) is 0 Å². The van der Waals surface area contributed by atoms with Crippen LogP contribution in [0.3, 0.4) is 0 Å². The molecule has 3 aromatic carbocycles. The second-order valence-electron chi connectivity index (χ2n) is 6.64. The van der Waals surface area contributed by atoms with Gasteiger partial charge in [0.05, 0.1) is 5.56 Å². The maximum absolute atomic E-state index is 13.4. The van der Waals surface area contributed by atoms with Gasteiger partial charge in [0.1, 0.15) is 6.17 Å². The molecule has 1 amide bonds. The third kappa shape index (κ3) is 2.85. The monoisotopic (exact) mass is 362 g/mol. The highest BCUT2D eigenvalue weighted by molar-refractivity contribution is 6.31. The Morgan fingerprint density at radius 1 is 0.923 bits per heavy atom. The number of halogens is 1. The van der Waals surface area contributed by atoms with Gasteiger partial charge in [-0.3, -0.25) is 9.69 Å². The summed E-state index contributed by atoms with van der Waals surface area (Å²) >= 11 is 6.47. The van der Waals surface area contributed by atoms with Crippen molar-refractivity contribution in [3.05, 3.63) is 94.0 Å². The number of carbonyl (C=O) groups is 1. The van der Waals surface area contributed by atoms with Crippen LogP contribution < -0.4 is 10.2 Å². The van der Waals surface area contributed by atoms with Gasteiger partial charge in [0.15, 0.2) is 0 Å². The summed E-state index contributed by atoms with van der Waals surface area (Å²) in [4.78, 5) is 15.2. The number of anilines is 2. The van der Waals surface area contributed by atoms with Gasteiger partial charge in [0.25, 0.3) is 5.91 Å². The molecule has 3 aromatic rings. The summed E-state index contributed by atoms with van der Waals surface area (Å²) in [7, 11) is 0. The van der Waals surface area contributed by atoms with Crippen LogP contribution in [0.1, 0.15) is 33.2 Å². The van der Waals surface area contributed by atoms with Crippen molar-refractivity contribution in [3.63, 3.8) is 0 Å². The number of benzene rings is 3. The number of hydrogen-bond acceptors (Lipinski definition) is 2. The summed E-state index contributed by atoms with van der Waals surface area (Å²) in [5, 5.41) is 4.12. The fraction of sp³-hybridized carbons (Fsp3) is 0.136. The number of nitrogens with one attached hydrogen (secondary N) is 1. The molecule has 1 N–H and O–H groups in total. The van der Waals surface area contributed by atoms with Crippen molar-refractivity contribution in [2.45, 2.75) is 20.0 Å². The van der Waals surface area contributed by atoms with E-state index in [9.17, 15) is 4.79 Å². The Bertz CT molecular complexity index is 979. The number of carbonyl (C=O) groups excluding carboxylic acids is 1. The number of nitrogens with zero attached hydrogens (tertiary/aromatic N) is 1. The lowest BCUT2D eigenvalue weighted by Crippen LogP contribution is -2.43. The zero-order valence-corrected chi connectivity index (χ0v) is 15.4. The van der Waals surface area contributed by atoms with Crippen LogP contribution in [0.15, 0.2) is 66.7 Å². The minimum atomic E-state index is -0.368. The van der Waals surface area contributed by atoms with Crippen molar-refractivity contribution in [1.82, 2.24) is 0 Å². The highest BCUT2D eigenvalue weighted by atomic mass is 35.5. The molecule has 130 valence electrons. The van der Waals surface area contributed by atoms with Gasteiger partial charge in [0, 0.05) is 22.0 Å². The molecule has 0 radical (unpaired) electrons. The van der Waals surface area contributed by atoms with E-state index in [1.54, 1.807) is 4.90 Å². The first-order chi connectivity index (χ1) is 12.5. The molecule has 0 fully saturated rings. The van der Waals surface area contributed by atoms with Crippen LogP contribution in [-0.2, 0) is 0 Å². The minimum Gasteiger partial charge on any atom is -0.360 e. The highest BCUT2D eigenvalue weighted by Gasteiger charge is 2.35.